The number of carbonyl (C=O) groups is 2. The van der Waals surface area contributed by atoms with E-state index in [2.05, 4.69) is 10.2 Å². The van der Waals surface area contributed by atoms with Gasteiger partial charge >= 0.3 is 12.2 Å². The second kappa shape index (κ2) is 14.3. The largest absolute Gasteiger partial charge is 0.493 e. The number of ether oxygens (including phenoxy) is 3. The van der Waals surface area contributed by atoms with Crippen LogP contribution in [0.4, 0.5) is 28.0 Å². The van der Waals surface area contributed by atoms with Gasteiger partial charge in [-0.05, 0) is 48.0 Å². The molecule has 0 saturated carbocycles. The van der Waals surface area contributed by atoms with E-state index >= 15 is 0 Å². The average Bonchev–Trinajstić information content (AvgIpc) is 3.02. The first-order valence-electron chi connectivity index (χ1n) is 13.8. The van der Waals surface area contributed by atoms with Crippen LogP contribution in [0.5, 0.6) is 17.2 Å². The monoisotopic (exact) mass is 618 g/mol. The van der Waals surface area contributed by atoms with E-state index in [1.807, 2.05) is 0 Å². The van der Waals surface area contributed by atoms with E-state index in [4.69, 9.17) is 14.2 Å². The molecule has 0 unspecified atom stereocenters. The molecule has 1 aliphatic rings. The lowest BCUT2D eigenvalue weighted by Gasteiger charge is -2.36. The topological polar surface area (TPSA) is 83.6 Å². The number of nitrogens with zero attached hydrogens (tertiary/aromatic N) is 3. The van der Waals surface area contributed by atoms with E-state index in [0.717, 1.165) is 17.7 Å². The van der Waals surface area contributed by atoms with Gasteiger partial charge in [0.15, 0.2) is 11.5 Å². The van der Waals surface area contributed by atoms with Crippen molar-refractivity contribution in [3.63, 3.8) is 0 Å². The van der Waals surface area contributed by atoms with Crippen molar-refractivity contribution in [1.82, 2.24) is 14.7 Å². The SMILES string of the molecule is COc1cc(C(=O)N(CCN2CCN(C(=O)Nc3cccc(C(F)(F)F)c3)CC2)Cc2ccc(F)cc2)cc(OC)c1OC. The number of hydrogen-bond donors (Lipinski definition) is 1. The molecule has 0 radical (unpaired) electrons. The molecule has 3 aromatic carbocycles. The van der Waals surface area contributed by atoms with E-state index < -0.39 is 17.8 Å². The van der Waals surface area contributed by atoms with Crippen LogP contribution in [0.25, 0.3) is 0 Å². The summed E-state index contributed by atoms with van der Waals surface area (Å²) < 4.78 is 68.8. The molecule has 13 heteroatoms. The number of urea groups is 1. The lowest BCUT2D eigenvalue weighted by Crippen LogP contribution is -2.51. The number of halogens is 4. The molecule has 44 heavy (non-hydrogen) atoms. The Hall–Kier alpha value is -4.52. The Labute approximate surface area is 252 Å². The van der Waals surface area contributed by atoms with E-state index in [0.29, 0.717) is 62.1 Å². The predicted octanol–water partition coefficient (Wildman–Crippen LogP) is 5.36. The Morgan fingerprint density at radius 2 is 1.52 bits per heavy atom. The minimum atomic E-state index is -4.51. The van der Waals surface area contributed by atoms with Crippen molar-refractivity contribution < 1.29 is 41.4 Å². The first kappa shape index (κ1) is 32.4. The van der Waals surface area contributed by atoms with Crippen molar-refractivity contribution in [2.75, 3.05) is 65.9 Å². The first-order chi connectivity index (χ1) is 21.0. The first-order valence-corrected chi connectivity index (χ1v) is 13.8. The minimum absolute atomic E-state index is 0.0639. The number of nitrogens with one attached hydrogen (secondary N) is 1. The van der Waals surface area contributed by atoms with Gasteiger partial charge in [0.25, 0.3) is 5.91 Å². The second-order valence-electron chi connectivity index (χ2n) is 10.1. The maximum atomic E-state index is 13.8. The van der Waals surface area contributed by atoms with Gasteiger partial charge in [-0.3, -0.25) is 9.69 Å². The second-order valence-corrected chi connectivity index (χ2v) is 10.1. The third-order valence-electron chi connectivity index (χ3n) is 7.27. The highest BCUT2D eigenvalue weighted by molar-refractivity contribution is 5.95. The van der Waals surface area contributed by atoms with Crippen molar-refractivity contribution in [1.29, 1.82) is 0 Å². The fraction of sp³-hybridized carbons (Fsp3) is 0.355. The van der Waals surface area contributed by atoms with Crippen LogP contribution in [0, 0.1) is 5.82 Å². The Bertz CT molecular complexity index is 1420. The Kier molecular flexibility index (Phi) is 10.5. The molecular formula is C31H34F4N4O5. The zero-order chi connectivity index (χ0) is 31.9. The number of benzene rings is 3. The van der Waals surface area contributed by atoms with Gasteiger partial charge in [-0.1, -0.05) is 18.2 Å². The molecule has 0 atom stereocenters. The number of amides is 3. The standard InChI is InChI=1S/C31H34F4N4O5/c1-42-26-17-22(18-27(43-2)28(26)44-3)29(40)39(20-21-7-9-24(32)10-8-21)16-13-37-11-14-38(15-12-37)30(41)36-25-6-4-5-23(19-25)31(33,34)35/h4-10,17-19H,11-16,20H2,1-3H3,(H,36,41). The molecule has 3 amide bonds. The molecule has 3 aromatic rings. The molecule has 1 aliphatic heterocycles. The highest BCUT2D eigenvalue weighted by Crippen LogP contribution is 2.38. The highest BCUT2D eigenvalue weighted by Gasteiger charge is 2.31. The van der Waals surface area contributed by atoms with Crippen LogP contribution < -0.4 is 19.5 Å². The van der Waals surface area contributed by atoms with Crippen LogP contribution in [-0.4, -0.2) is 87.2 Å². The van der Waals surface area contributed by atoms with Crippen LogP contribution in [0.1, 0.15) is 21.5 Å². The molecule has 4 rings (SSSR count). The summed E-state index contributed by atoms with van der Waals surface area (Å²) in [5.41, 5.74) is 0.279. The third kappa shape index (κ3) is 8.10. The maximum Gasteiger partial charge on any atom is 0.416 e. The van der Waals surface area contributed by atoms with Crippen molar-refractivity contribution in [2.45, 2.75) is 12.7 Å². The summed E-state index contributed by atoms with van der Waals surface area (Å²) >= 11 is 0. The average molecular weight is 619 g/mol. The molecule has 0 aliphatic carbocycles. The quantitative estimate of drug-likeness (QED) is 0.308. The lowest BCUT2D eigenvalue weighted by atomic mass is 10.1. The van der Waals surface area contributed by atoms with Gasteiger partial charge in [0.2, 0.25) is 5.75 Å². The zero-order valence-corrected chi connectivity index (χ0v) is 24.6. The highest BCUT2D eigenvalue weighted by atomic mass is 19.4. The Balaban J connectivity index is 1.41. The smallest absolute Gasteiger partial charge is 0.416 e. The number of piperazine rings is 1. The molecule has 1 fully saturated rings. The number of anilines is 1. The summed E-state index contributed by atoms with van der Waals surface area (Å²) in [6.07, 6.45) is -4.51. The predicted molar refractivity (Wildman–Crippen MR) is 156 cm³/mol. The lowest BCUT2D eigenvalue weighted by molar-refractivity contribution is -0.137. The molecule has 236 valence electrons. The normalized spacial score (nSPS) is 13.8. The summed E-state index contributed by atoms with van der Waals surface area (Å²) in [6.45, 7) is 2.73. The number of carbonyl (C=O) groups excluding carboxylic acids is 2. The molecule has 0 spiro atoms. The van der Waals surface area contributed by atoms with Gasteiger partial charge in [-0.2, -0.15) is 13.2 Å². The molecule has 0 aromatic heterocycles. The fourth-order valence-corrected chi connectivity index (χ4v) is 4.86. The van der Waals surface area contributed by atoms with Crippen LogP contribution >= 0.6 is 0 Å². The molecule has 1 heterocycles. The molecule has 0 bridgehead atoms. The van der Waals surface area contributed by atoms with Gasteiger partial charge in [-0.25, -0.2) is 9.18 Å². The van der Waals surface area contributed by atoms with Crippen molar-refractivity contribution >= 4 is 17.6 Å². The van der Waals surface area contributed by atoms with Gasteiger partial charge in [0.1, 0.15) is 5.82 Å². The Morgan fingerprint density at radius 3 is 2.09 bits per heavy atom. The molecule has 1 saturated heterocycles. The van der Waals surface area contributed by atoms with Gasteiger partial charge in [0, 0.05) is 57.1 Å². The van der Waals surface area contributed by atoms with E-state index in [9.17, 15) is 27.2 Å². The summed E-state index contributed by atoms with van der Waals surface area (Å²) in [5.74, 6) is 0.332. The Morgan fingerprint density at radius 1 is 0.886 bits per heavy atom. The van der Waals surface area contributed by atoms with Crippen LogP contribution in [0.2, 0.25) is 0 Å². The van der Waals surface area contributed by atoms with E-state index in [1.54, 1.807) is 29.2 Å². The molecule has 1 N–H and O–H groups in total. The minimum Gasteiger partial charge on any atom is -0.493 e. The summed E-state index contributed by atoms with van der Waals surface area (Å²) in [7, 11) is 4.39. The van der Waals surface area contributed by atoms with Crippen molar-refractivity contribution in [3.05, 3.63) is 83.2 Å². The van der Waals surface area contributed by atoms with Crippen LogP contribution in [0.15, 0.2) is 60.7 Å². The molecule has 9 nitrogen and oxygen atoms in total. The number of hydrogen-bond acceptors (Lipinski definition) is 6. The fourth-order valence-electron chi connectivity index (χ4n) is 4.86. The third-order valence-corrected chi connectivity index (χ3v) is 7.27. The summed E-state index contributed by atoms with van der Waals surface area (Å²) in [4.78, 5) is 31.8. The number of rotatable bonds is 10. The maximum absolute atomic E-state index is 13.8. The van der Waals surface area contributed by atoms with Gasteiger partial charge < -0.3 is 29.3 Å². The van der Waals surface area contributed by atoms with E-state index in [1.165, 1.54) is 50.5 Å². The van der Waals surface area contributed by atoms with Crippen LogP contribution in [-0.2, 0) is 12.7 Å². The van der Waals surface area contributed by atoms with Gasteiger partial charge in [-0.15, -0.1) is 0 Å². The number of methoxy groups -OCH3 is 3. The summed E-state index contributed by atoms with van der Waals surface area (Å²) in [5, 5.41) is 2.54. The molecular weight excluding hydrogens is 584 g/mol. The van der Waals surface area contributed by atoms with E-state index in [-0.39, 0.29) is 24.0 Å². The van der Waals surface area contributed by atoms with Crippen LogP contribution in [0.3, 0.4) is 0 Å². The van der Waals surface area contributed by atoms with Crippen molar-refractivity contribution in [2.24, 2.45) is 0 Å². The van der Waals surface area contributed by atoms with Gasteiger partial charge in [0.05, 0.1) is 26.9 Å². The summed E-state index contributed by atoms with van der Waals surface area (Å²) in [6, 6.07) is 13.1. The zero-order valence-electron chi connectivity index (χ0n) is 24.6. The van der Waals surface area contributed by atoms with Crippen molar-refractivity contribution in [3.8, 4) is 17.2 Å². The number of alkyl halides is 3.